The van der Waals surface area contributed by atoms with Crippen molar-refractivity contribution in [2.45, 2.75) is 19.0 Å². The van der Waals surface area contributed by atoms with E-state index in [-0.39, 0.29) is 19.1 Å². The van der Waals surface area contributed by atoms with Crippen LogP contribution in [0.25, 0.3) is 10.2 Å². The maximum absolute atomic E-state index is 13.5. The van der Waals surface area contributed by atoms with E-state index < -0.39 is 24.0 Å². The van der Waals surface area contributed by atoms with Crippen LogP contribution in [0.5, 0.6) is 11.6 Å². The maximum Gasteiger partial charge on any atom is 0.331 e. The van der Waals surface area contributed by atoms with Crippen molar-refractivity contribution >= 4 is 56.5 Å². The Bertz CT molecular complexity index is 1660. The number of nitrogens with zero attached hydrogens (tertiary/aromatic N) is 3. The van der Waals surface area contributed by atoms with Gasteiger partial charge in [-0.2, -0.15) is 0 Å². The highest BCUT2D eigenvalue weighted by molar-refractivity contribution is 7.21. The number of para-hydroxylation sites is 1. The first kappa shape index (κ1) is 25.5. The molecule has 4 aromatic rings. The van der Waals surface area contributed by atoms with Gasteiger partial charge in [-0.25, -0.2) is 14.8 Å². The van der Waals surface area contributed by atoms with Crippen molar-refractivity contribution < 1.29 is 23.9 Å². The summed E-state index contributed by atoms with van der Waals surface area (Å²) >= 11 is 1.18. The van der Waals surface area contributed by atoms with E-state index in [1.54, 1.807) is 24.5 Å². The van der Waals surface area contributed by atoms with Crippen LogP contribution < -0.4 is 25.6 Å². The van der Waals surface area contributed by atoms with Gasteiger partial charge in [0.05, 0.1) is 53.9 Å². The topological polar surface area (TPSA) is 135 Å². The smallest absolute Gasteiger partial charge is 0.331 e. The van der Waals surface area contributed by atoms with Gasteiger partial charge in [-0.15, -0.1) is 11.3 Å². The highest BCUT2D eigenvalue weighted by Gasteiger charge is 2.36. The van der Waals surface area contributed by atoms with Gasteiger partial charge in [0.25, 0.3) is 5.91 Å². The minimum atomic E-state index is -0.442. The third-order valence-corrected chi connectivity index (χ3v) is 7.72. The van der Waals surface area contributed by atoms with Gasteiger partial charge in [0, 0.05) is 12.3 Å². The first-order valence-electron chi connectivity index (χ1n) is 12.5. The number of carbonyl (C=O) groups excluding carboxylic acids is 3. The number of anilines is 3. The zero-order valence-electron chi connectivity index (χ0n) is 21.3. The molecule has 2 atom stereocenters. The quantitative estimate of drug-likeness (QED) is 0.289. The van der Waals surface area contributed by atoms with Crippen LogP contribution in [-0.4, -0.2) is 53.1 Å². The van der Waals surface area contributed by atoms with Gasteiger partial charge in [0.1, 0.15) is 15.5 Å². The molecule has 0 aliphatic carbocycles. The zero-order chi connectivity index (χ0) is 27.8. The fourth-order valence-electron chi connectivity index (χ4n) is 4.72. The molecule has 6 rings (SSSR count). The molecule has 2 aliphatic heterocycles. The SMILES string of the molecule is C=CC(=O)NC1COC[C@@H]1NC(=O)c1sc2nccc3c2c1NC(=O)N3c1cnc(Oc2ccccc2)cc1C. The summed E-state index contributed by atoms with van der Waals surface area (Å²) in [6.45, 7) is 5.84. The lowest BCUT2D eigenvalue weighted by Crippen LogP contribution is -2.50. The molecule has 1 unspecified atom stereocenters. The molecule has 11 nitrogen and oxygen atoms in total. The lowest BCUT2D eigenvalue weighted by molar-refractivity contribution is -0.117. The molecule has 202 valence electrons. The van der Waals surface area contributed by atoms with Crippen molar-refractivity contribution in [2.24, 2.45) is 0 Å². The Morgan fingerprint density at radius 1 is 1.15 bits per heavy atom. The van der Waals surface area contributed by atoms with Crippen molar-refractivity contribution in [3.8, 4) is 11.6 Å². The summed E-state index contributed by atoms with van der Waals surface area (Å²) in [6.07, 6.45) is 4.36. The Labute approximate surface area is 232 Å². The minimum absolute atomic E-state index is 0.244. The fraction of sp³-hybridized carbons (Fsp3) is 0.179. The number of carbonyl (C=O) groups is 3. The zero-order valence-corrected chi connectivity index (χ0v) is 22.2. The van der Waals surface area contributed by atoms with Crippen molar-refractivity contribution in [3.05, 3.63) is 78.0 Å². The van der Waals surface area contributed by atoms with Gasteiger partial charge in [0.2, 0.25) is 11.8 Å². The standard InChI is InChI=1S/C28H24N6O5S/c1-3-21(35)31-17-13-38-14-18(17)32-26(36)25-24-23-19(9-10-29-27(23)40-25)34(28(37)33-24)20-12-30-22(11-15(20)2)39-16-7-5-4-6-8-16/h3-12,17-18H,1,13-14H2,2H3,(H,31,35)(H,32,36)(H,33,37)/t17?,18-/m0/s1. The number of aryl methyl sites for hydroxylation is 1. The molecule has 4 amide bonds. The van der Waals surface area contributed by atoms with E-state index in [0.29, 0.717) is 43.8 Å². The number of pyridine rings is 2. The van der Waals surface area contributed by atoms with E-state index in [2.05, 4.69) is 32.5 Å². The Kier molecular flexibility index (Phi) is 6.62. The number of thiophene rings is 1. The van der Waals surface area contributed by atoms with Crippen LogP contribution in [0.3, 0.4) is 0 Å². The molecule has 3 aromatic heterocycles. The molecule has 2 aliphatic rings. The van der Waals surface area contributed by atoms with E-state index in [9.17, 15) is 14.4 Å². The molecular formula is C28H24N6O5S. The van der Waals surface area contributed by atoms with Crippen LogP contribution in [-0.2, 0) is 9.53 Å². The number of aromatic nitrogens is 2. The molecular weight excluding hydrogens is 532 g/mol. The number of amides is 4. The molecule has 0 radical (unpaired) electrons. The number of nitrogens with one attached hydrogen (secondary N) is 3. The molecule has 1 saturated heterocycles. The predicted octanol–water partition coefficient (Wildman–Crippen LogP) is 4.28. The summed E-state index contributed by atoms with van der Waals surface area (Å²) in [5, 5.41) is 9.23. The number of rotatable bonds is 7. The van der Waals surface area contributed by atoms with Crippen molar-refractivity contribution in [1.82, 2.24) is 20.6 Å². The lowest BCUT2D eigenvalue weighted by atomic mass is 10.1. The van der Waals surface area contributed by atoms with Crippen LogP contribution in [0.2, 0.25) is 0 Å². The molecule has 0 spiro atoms. The van der Waals surface area contributed by atoms with Gasteiger partial charge < -0.3 is 25.4 Å². The molecule has 0 saturated carbocycles. The predicted molar refractivity (Wildman–Crippen MR) is 150 cm³/mol. The van der Waals surface area contributed by atoms with Gasteiger partial charge in [-0.3, -0.25) is 14.5 Å². The highest BCUT2D eigenvalue weighted by atomic mass is 32.1. The van der Waals surface area contributed by atoms with Crippen molar-refractivity contribution in [2.75, 3.05) is 23.4 Å². The first-order valence-corrected chi connectivity index (χ1v) is 13.3. The summed E-state index contributed by atoms with van der Waals surface area (Å²) in [5.74, 6) is 0.308. The van der Waals surface area contributed by atoms with Gasteiger partial charge in [-0.1, -0.05) is 24.8 Å². The summed E-state index contributed by atoms with van der Waals surface area (Å²) in [6, 6.07) is 11.5. The molecule has 5 heterocycles. The molecule has 1 fully saturated rings. The van der Waals surface area contributed by atoms with Crippen LogP contribution in [0.1, 0.15) is 15.2 Å². The van der Waals surface area contributed by atoms with Crippen LogP contribution in [0.4, 0.5) is 21.9 Å². The summed E-state index contributed by atoms with van der Waals surface area (Å²) in [7, 11) is 0. The molecule has 0 bridgehead atoms. The maximum atomic E-state index is 13.5. The normalized spacial score (nSPS) is 17.8. The van der Waals surface area contributed by atoms with E-state index in [4.69, 9.17) is 9.47 Å². The van der Waals surface area contributed by atoms with Crippen molar-refractivity contribution in [3.63, 3.8) is 0 Å². The number of urea groups is 1. The third-order valence-electron chi connectivity index (χ3n) is 6.63. The van der Waals surface area contributed by atoms with Crippen LogP contribution in [0, 0.1) is 6.92 Å². The molecule has 3 N–H and O–H groups in total. The summed E-state index contributed by atoms with van der Waals surface area (Å²) < 4.78 is 11.3. The Morgan fingerprint density at radius 2 is 1.93 bits per heavy atom. The monoisotopic (exact) mass is 556 g/mol. The summed E-state index contributed by atoms with van der Waals surface area (Å²) in [4.78, 5) is 49.9. The third kappa shape index (κ3) is 4.63. The Hall–Kier alpha value is -4.81. The van der Waals surface area contributed by atoms with E-state index >= 15 is 0 Å². The Balaban J connectivity index is 1.30. The second kappa shape index (κ2) is 10.4. The number of ether oxygens (including phenoxy) is 2. The van der Waals surface area contributed by atoms with E-state index in [0.717, 1.165) is 5.56 Å². The van der Waals surface area contributed by atoms with Gasteiger partial charge in [-0.05, 0) is 36.8 Å². The molecule has 1 aromatic carbocycles. The van der Waals surface area contributed by atoms with E-state index in [1.165, 1.54) is 22.3 Å². The summed E-state index contributed by atoms with van der Waals surface area (Å²) in [5.41, 5.74) is 2.31. The number of hydrogen-bond donors (Lipinski definition) is 3. The lowest BCUT2D eigenvalue weighted by Gasteiger charge is -2.29. The first-order chi connectivity index (χ1) is 19.4. The molecule has 40 heavy (non-hydrogen) atoms. The average Bonchev–Trinajstić information content (AvgIpc) is 3.55. The second-order valence-corrected chi connectivity index (χ2v) is 10.2. The Morgan fingerprint density at radius 3 is 2.67 bits per heavy atom. The second-order valence-electron chi connectivity index (χ2n) is 9.24. The largest absolute Gasteiger partial charge is 0.439 e. The van der Waals surface area contributed by atoms with E-state index in [1.807, 2.05) is 37.3 Å². The van der Waals surface area contributed by atoms with Gasteiger partial charge in [0.15, 0.2) is 0 Å². The fourth-order valence-corrected chi connectivity index (χ4v) is 5.74. The number of hydrogen-bond acceptors (Lipinski definition) is 8. The minimum Gasteiger partial charge on any atom is -0.439 e. The van der Waals surface area contributed by atoms with Crippen LogP contribution >= 0.6 is 11.3 Å². The molecule has 12 heteroatoms. The van der Waals surface area contributed by atoms with Gasteiger partial charge >= 0.3 is 6.03 Å². The van der Waals surface area contributed by atoms with Crippen LogP contribution in [0.15, 0.2) is 67.5 Å². The number of benzene rings is 1. The average molecular weight is 557 g/mol. The highest BCUT2D eigenvalue weighted by Crippen LogP contribution is 2.46. The van der Waals surface area contributed by atoms with Crippen molar-refractivity contribution in [1.29, 1.82) is 0 Å².